The third-order valence-electron chi connectivity index (χ3n) is 4.07. The van der Waals surface area contributed by atoms with Gasteiger partial charge in [0.1, 0.15) is 11.5 Å². The molecule has 0 aliphatic heterocycles. The molecule has 1 fully saturated rings. The molecule has 2 atom stereocenters. The van der Waals surface area contributed by atoms with Gasteiger partial charge in [-0.1, -0.05) is 25.5 Å². The summed E-state index contributed by atoms with van der Waals surface area (Å²) in [6.07, 6.45) is 4.98. The number of hydrogen-bond donors (Lipinski definition) is 0. The molecule has 0 bridgehead atoms. The Morgan fingerprint density at radius 1 is 1.39 bits per heavy atom. The van der Waals surface area contributed by atoms with Crippen molar-refractivity contribution in [1.29, 1.82) is 0 Å². The van der Waals surface area contributed by atoms with E-state index in [0.29, 0.717) is 5.78 Å². The van der Waals surface area contributed by atoms with E-state index in [0.717, 1.165) is 37.4 Å². The van der Waals surface area contributed by atoms with Gasteiger partial charge in [0.2, 0.25) is 0 Å². The molecule has 1 aliphatic rings. The Morgan fingerprint density at radius 3 is 2.94 bits per heavy atom. The first-order valence-electron chi connectivity index (χ1n) is 6.88. The first-order chi connectivity index (χ1) is 8.72. The molecule has 1 aliphatic carbocycles. The number of Topliss-reactive ketones (excluding diaryl/α,β-unsaturated/α-hetero) is 1. The van der Waals surface area contributed by atoms with Crippen LogP contribution in [0.4, 0.5) is 0 Å². The van der Waals surface area contributed by atoms with Crippen LogP contribution in [0.15, 0.2) is 24.3 Å². The quantitative estimate of drug-likeness (QED) is 0.811. The van der Waals surface area contributed by atoms with Gasteiger partial charge >= 0.3 is 0 Å². The topological polar surface area (TPSA) is 26.3 Å². The van der Waals surface area contributed by atoms with Crippen LogP contribution in [0, 0.1) is 11.8 Å². The van der Waals surface area contributed by atoms with E-state index in [4.69, 9.17) is 4.74 Å². The molecule has 1 saturated carbocycles. The van der Waals surface area contributed by atoms with Gasteiger partial charge in [-0.2, -0.15) is 0 Å². The van der Waals surface area contributed by atoms with Crippen molar-refractivity contribution in [3.05, 3.63) is 29.8 Å². The summed E-state index contributed by atoms with van der Waals surface area (Å²) in [5.74, 6) is 2.28. The molecule has 2 rings (SSSR count). The summed E-state index contributed by atoms with van der Waals surface area (Å²) in [7, 11) is 1.68. The number of carbonyl (C=O) groups is 1. The second-order valence-electron chi connectivity index (χ2n) is 5.27. The summed E-state index contributed by atoms with van der Waals surface area (Å²) in [6, 6.07) is 8.08. The lowest BCUT2D eigenvalue weighted by Gasteiger charge is -2.27. The summed E-state index contributed by atoms with van der Waals surface area (Å²) < 4.78 is 5.23. The number of benzene rings is 1. The van der Waals surface area contributed by atoms with E-state index in [9.17, 15) is 4.79 Å². The van der Waals surface area contributed by atoms with Crippen molar-refractivity contribution in [2.24, 2.45) is 11.8 Å². The van der Waals surface area contributed by atoms with Gasteiger partial charge in [-0.05, 0) is 42.9 Å². The van der Waals surface area contributed by atoms with Crippen LogP contribution in [0.1, 0.15) is 38.2 Å². The number of hydrogen-bond acceptors (Lipinski definition) is 2. The minimum atomic E-state index is 0.218. The molecule has 2 unspecified atom stereocenters. The van der Waals surface area contributed by atoms with E-state index in [1.807, 2.05) is 18.2 Å². The lowest BCUT2D eigenvalue weighted by atomic mass is 9.77. The number of carbonyl (C=O) groups excluding carboxylic acids is 1. The standard InChI is InChI=1S/C16H22O2/c1-3-12-7-8-16(17)14(9-12)10-13-5-4-6-15(11-13)18-2/h4-6,11-12,14H,3,7-10H2,1-2H3. The summed E-state index contributed by atoms with van der Waals surface area (Å²) in [5, 5.41) is 0. The van der Waals surface area contributed by atoms with Crippen LogP contribution in [-0.2, 0) is 11.2 Å². The molecule has 0 saturated heterocycles. The Kier molecular flexibility index (Phi) is 4.40. The highest BCUT2D eigenvalue weighted by Crippen LogP contribution is 2.31. The van der Waals surface area contributed by atoms with Gasteiger partial charge in [-0.15, -0.1) is 0 Å². The second kappa shape index (κ2) is 6.03. The monoisotopic (exact) mass is 246 g/mol. The van der Waals surface area contributed by atoms with Gasteiger partial charge in [0, 0.05) is 12.3 Å². The largest absolute Gasteiger partial charge is 0.497 e. The minimum absolute atomic E-state index is 0.218. The smallest absolute Gasteiger partial charge is 0.136 e. The molecule has 2 nitrogen and oxygen atoms in total. The predicted octanol–water partition coefficient (Wildman–Crippen LogP) is 3.63. The Labute approximate surface area is 109 Å². The fourth-order valence-electron chi connectivity index (χ4n) is 2.85. The zero-order valence-corrected chi connectivity index (χ0v) is 11.3. The molecule has 1 aromatic carbocycles. The van der Waals surface area contributed by atoms with Gasteiger partial charge in [-0.25, -0.2) is 0 Å². The normalized spacial score (nSPS) is 24.0. The van der Waals surface area contributed by atoms with E-state index in [1.54, 1.807) is 7.11 Å². The molecule has 98 valence electrons. The van der Waals surface area contributed by atoms with Crippen molar-refractivity contribution >= 4 is 5.78 Å². The van der Waals surface area contributed by atoms with E-state index in [-0.39, 0.29) is 5.92 Å². The van der Waals surface area contributed by atoms with Crippen LogP contribution in [0.2, 0.25) is 0 Å². The molecular weight excluding hydrogens is 224 g/mol. The van der Waals surface area contributed by atoms with Crippen molar-refractivity contribution in [3.8, 4) is 5.75 Å². The molecule has 1 aromatic rings. The molecule has 18 heavy (non-hydrogen) atoms. The molecule has 0 radical (unpaired) electrons. The van der Waals surface area contributed by atoms with Gasteiger partial charge in [0.05, 0.1) is 7.11 Å². The fourth-order valence-corrected chi connectivity index (χ4v) is 2.85. The maximum atomic E-state index is 12.0. The average Bonchev–Trinajstić information content (AvgIpc) is 2.41. The SMILES string of the molecule is CCC1CCC(=O)C(Cc2cccc(OC)c2)C1. The third-order valence-corrected chi connectivity index (χ3v) is 4.07. The molecule has 0 amide bonds. The maximum absolute atomic E-state index is 12.0. The van der Waals surface area contributed by atoms with E-state index in [1.165, 1.54) is 12.0 Å². The Morgan fingerprint density at radius 2 is 2.22 bits per heavy atom. The molecule has 0 aromatic heterocycles. The van der Waals surface area contributed by atoms with Crippen LogP contribution in [-0.4, -0.2) is 12.9 Å². The van der Waals surface area contributed by atoms with E-state index >= 15 is 0 Å². The zero-order chi connectivity index (χ0) is 13.0. The maximum Gasteiger partial charge on any atom is 0.136 e. The first kappa shape index (κ1) is 13.1. The van der Waals surface area contributed by atoms with Crippen LogP contribution in [0.5, 0.6) is 5.75 Å². The van der Waals surface area contributed by atoms with Crippen molar-refractivity contribution in [3.63, 3.8) is 0 Å². The fraction of sp³-hybridized carbons (Fsp3) is 0.562. The number of methoxy groups -OCH3 is 1. The Bertz CT molecular complexity index is 411. The average molecular weight is 246 g/mol. The molecular formula is C16H22O2. The van der Waals surface area contributed by atoms with Crippen molar-refractivity contribution < 1.29 is 9.53 Å². The summed E-state index contributed by atoms with van der Waals surface area (Å²) in [4.78, 5) is 12.0. The highest BCUT2D eigenvalue weighted by atomic mass is 16.5. The molecule has 0 spiro atoms. The number of ketones is 1. The Balaban J connectivity index is 2.04. The van der Waals surface area contributed by atoms with Crippen molar-refractivity contribution in [1.82, 2.24) is 0 Å². The van der Waals surface area contributed by atoms with Crippen molar-refractivity contribution in [2.75, 3.05) is 7.11 Å². The van der Waals surface area contributed by atoms with Crippen LogP contribution in [0.25, 0.3) is 0 Å². The van der Waals surface area contributed by atoms with Gasteiger partial charge in [0.25, 0.3) is 0 Å². The summed E-state index contributed by atoms with van der Waals surface area (Å²) >= 11 is 0. The zero-order valence-electron chi connectivity index (χ0n) is 11.3. The predicted molar refractivity (Wildman–Crippen MR) is 72.8 cm³/mol. The summed E-state index contributed by atoms with van der Waals surface area (Å²) in [5.41, 5.74) is 1.21. The van der Waals surface area contributed by atoms with Crippen LogP contribution in [0.3, 0.4) is 0 Å². The van der Waals surface area contributed by atoms with Gasteiger partial charge in [-0.3, -0.25) is 4.79 Å². The van der Waals surface area contributed by atoms with Crippen molar-refractivity contribution in [2.45, 2.75) is 39.0 Å². The van der Waals surface area contributed by atoms with Crippen LogP contribution >= 0.6 is 0 Å². The van der Waals surface area contributed by atoms with Crippen LogP contribution < -0.4 is 4.74 Å². The number of ether oxygens (including phenoxy) is 1. The van der Waals surface area contributed by atoms with Gasteiger partial charge in [0.15, 0.2) is 0 Å². The minimum Gasteiger partial charge on any atom is -0.497 e. The number of rotatable bonds is 4. The first-order valence-corrected chi connectivity index (χ1v) is 6.88. The molecule has 2 heteroatoms. The summed E-state index contributed by atoms with van der Waals surface area (Å²) in [6.45, 7) is 2.23. The van der Waals surface area contributed by atoms with E-state index in [2.05, 4.69) is 13.0 Å². The molecule has 0 N–H and O–H groups in total. The second-order valence-corrected chi connectivity index (χ2v) is 5.27. The Hall–Kier alpha value is -1.31. The highest BCUT2D eigenvalue weighted by molar-refractivity contribution is 5.82. The highest BCUT2D eigenvalue weighted by Gasteiger charge is 2.27. The van der Waals surface area contributed by atoms with Gasteiger partial charge < -0.3 is 4.74 Å². The lowest BCUT2D eigenvalue weighted by molar-refractivity contribution is -0.125. The lowest BCUT2D eigenvalue weighted by Crippen LogP contribution is -2.26. The third kappa shape index (κ3) is 3.12. The van der Waals surface area contributed by atoms with E-state index < -0.39 is 0 Å². The molecule has 0 heterocycles.